The molecule has 0 spiro atoms. The summed E-state index contributed by atoms with van der Waals surface area (Å²) in [5.41, 5.74) is 0.785. The highest BCUT2D eigenvalue weighted by Gasteiger charge is 2.36. The number of rotatable bonds is 4. The molecule has 0 saturated carbocycles. The normalized spacial score (nSPS) is 20.1. The molecule has 0 unspecified atom stereocenters. The van der Waals surface area contributed by atoms with Crippen molar-refractivity contribution in [3.63, 3.8) is 0 Å². The topological polar surface area (TPSA) is 69.5 Å². The molecule has 128 valence electrons. The zero-order valence-electron chi connectivity index (χ0n) is 14.2. The van der Waals surface area contributed by atoms with Gasteiger partial charge in [0.15, 0.2) is 0 Å². The van der Waals surface area contributed by atoms with Gasteiger partial charge in [-0.3, -0.25) is 9.78 Å². The Morgan fingerprint density at radius 2 is 2.29 bits per heavy atom. The summed E-state index contributed by atoms with van der Waals surface area (Å²) >= 11 is 0. The molecule has 0 aromatic carbocycles. The molecular formula is C17H22N4O3. The summed E-state index contributed by atoms with van der Waals surface area (Å²) in [4.78, 5) is 18.9. The maximum Gasteiger partial charge on any atom is 0.272 e. The first-order valence-electron chi connectivity index (χ1n) is 7.90. The van der Waals surface area contributed by atoms with Crippen LogP contribution in [0.3, 0.4) is 0 Å². The molecule has 3 rings (SSSR count). The Morgan fingerprint density at radius 3 is 3.00 bits per heavy atom. The molecule has 0 aliphatic carbocycles. The van der Waals surface area contributed by atoms with Crippen LogP contribution in [0.2, 0.25) is 0 Å². The van der Waals surface area contributed by atoms with E-state index in [0.717, 1.165) is 5.69 Å². The second-order valence-electron chi connectivity index (χ2n) is 6.49. The number of hydrogen-bond acceptors (Lipinski definition) is 5. The minimum atomic E-state index is -0.420. The molecule has 1 aliphatic rings. The number of methoxy groups -OCH3 is 1. The van der Waals surface area contributed by atoms with Gasteiger partial charge in [-0.05, 0) is 32.0 Å². The molecule has 1 aliphatic heterocycles. The largest absolute Gasteiger partial charge is 0.382 e. The highest BCUT2D eigenvalue weighted by atomic mass is 16.5. The van der Waals surface area contributed by atoms with Gasteiger partial charge in [-0.1, -0.05) is 0 Å². The standard InChI is InChI=1S/C17H22N4O3/c1-17(2)12-20(10-14(24-17)11-23-3)16(22)15-9-13(5-7-18-15)21-8-4-6-19-21/h4-9,14H,10-12H2,1-3H3/t14-/m1/s1. The molecule has 3 heterocycles. The van der Waals surface area contributed by atoms with E-state index in [4.69, 9.17) is 9.47 Å². The molecule has 1 atom stereocenters. The smallest absolute Gasteiger partial charge is 0.272 e. The Hall–Kier alpha value is -2.25. The number of hydrogen-bond donors (Lipinski definition) is 0. The number of amides is 1. The van der Waals surface area contributed by atoms with Gasteiger partial charge in [-0.25, -0.2) is 4.68 Å². The van der Waals surface area contributed by atoms with Crippen molar-refractivity contribution in [3.8, 4) is 5.69 Å². The van der Waals surface area contributed by atoms with Gasteiger partial charge in [0.2, 0.25) is 0 Å². The van der Waals surface area contributed by atoms with E-state index in [1.54, 1.807) is 35.2 Å². The monoisotopic (exact) mass is 330 g/mol. The van der Waals surface area contributed by atoms with Gasteiger partial charge in [0.25, 0.3) is 5.91 Å². The van der Waals surface area contributed by atoms with Crippen LogP contribution in [0.15, 0.2) is 36.8 Å². The van der Waals surface area contributed by atoms with Crippen LogP contribution in [0.1, 0.15) is 24.3 Å². The predicted octanol–water partition coefficient (Wildman–Crippen LogP) is 1.53. The van der Waals surface area contributed by atoms with Crippen molar-refractivity contribution in [2.24, 2.45) is 0 Å². The number of aromatic nitrogens is 3. The summed E-state index contributed by atoms with van der Waals surface area (Å²) < 4.78 is 12.8. The Kier molecular flexibility index (Phi) is 4.64. The molecule has 1 amide bonds. The van der Waals surface area contributed by atoms with Crippen LogP contribution in [0.25, 0.3) is 5.69 Å². The highest BCUT2D eigenvalue weighted by molar-refractivity contribution is 5.93. The first-order valence-corrected chi connectivity index (χ1v) is 7.90. The van der Waals surface area contributed by atoms with E-state index in [9.17, 15) is 4.79 Å². The van der Waals surface area contributed by atoms with E-state index in [1.807, 2.05) is 32.2 Å². The lowest BCUT2D eigenvalue weighted by atomic mass is 10.0. The summed E-state index contributed by atoms with van der Waals surface area (Å²) in [6.45, 7) is 5.41. The number of morpholine rings is 1. The van der Waals surface area contributed by atoms with Crippen LogP contribution in [0.5, 0.6) is 0 Å². The summed E-state index contributed by atoms with van der Waals surface area (Å²) in [5, 5.41) is 4.19. The van der Waals surface area contributed by atoms with Crippen LogP contribution in [0.4, 0.5) is 0 Å². The quantitative estimate of drug-likeness (QED) is 0.850. The zero-order valence-corrected chi connectivity index (χ0v) is 14.2. The SMILES string of the molecule is COC[C@H]1CN(C(=O)c2cc(-n3cccn3)ccn2)CC(C)(C)O1. The van der Waals surface area contributed by atoms with Gasteiger partial charge in [0.05, 0.1) is 24.0 Å². The molecule has 0 N–H and O–H groups in total. The Balaban J connectivity index is 1.81. The molecule has 2 aromatic rings. The van der Waals surface area contributed by atoms with E-state index < -0.39 is 5.60 Å². The van der Waals surface area contributed by atoms with Crippen molar-refractivity contribution in [2.75, 3.05) is 26.8 Å². The van der Waals surface area contributed by atoms with Gasteiger partial charge in [0, 0.05) is 38.8 Å². The van der Waals surface area contributed by atoms with Gasteiger partial charge >= 0.3 is 0 Å². The van der Waals surface area contributed by atoms with E-state index in [-0.39, 0.29) is 12.0 Å². The second kappa shape index (κ2) is 6.70. The number of carbonyl (C=O) groups is 1. The van der Waals surface area contributed by atoms with E-state index in [2.05, 4.69) is 10.1 Å². The van der Waals surface area contributed by atoms with Crippen LogP contribution in [-0.2, 0) is 9.47 Å². The molecular weight excluding hydrogens is 308 g/mol. The molecule has 2 aromatic heterocycles. The van der Waals surface area contributed by atoms with Crippen molar-refractivity contribution >= 4 is 5.91 Å². The van der Waals surface area contributed by atoms with Crippen LogP contribution >= 0.6 is 0 Å². The summed E-state index contributed by atoms with van der Waals surface area (Å²) in [5.74, 6) is -0.110. The minimum Gasteiger partial charge on any atom is -0.382 e. The predicted molar refractivity (Wildman–Crippen MR) is 88.1 cm³/mol. The lowest BCUT2D eigenvalue weighted by molar-refractivity contribution is -0.143. The van der Waals surface area contributed by atoms with Gasteiger partial charge in [-0.2, -0.15) is 5.10 Å². The van der Waals surface area contributed by atoms with Crippen molar-refractivity contribution < 1.29 is 14.3 Å². The van der Waals surface area contributed by atoms with E-state index >= 15 is 0 Å². The number of carbonyl (C=O) groups excluding carboxylic acids is 1. The van der Waals surface area contributed by atoms with Crippen LogP contribution in [0, 0.1) is 0 Å². The summed E-state index contributed by atoms with van der Waals surface area (Å²) in [7, 11) is 1.63. The Morgan fingerprint density at radius 1 is 1.46 bits per heavy atom. The fourth-order valence-corrected chi connectivity index (χ4v) is 2.99. The van der Waals surface area contributed by atoms with Crippen LogP contribution in [-0.4, -0.2) is 64.1 Å². The van der Waals surface area contributed by atoms with Crippen molar-refractivity contribution in [3.05, 3.63) is 42.5 Å². The molecule has 7 heteroatoms. The van der Waals surface area contributed by atoms with Gasteiger partial charge in [-0.15, -0.1) is 0 Å². The molecule has 0 bridgehead atoms. The molecule has 24 heavy (non-hydrogen) atoms. The van der Waals surface area contributed by atoms with Gasteiger partial charge < -0.3 is 14.4 Å². The van der Waals surface area contributed by atoms with Crippen LogP contribution < -0.4 is 0 Å². The fourth-order valence-electron chi connectivity index (χ4n) is 2.99. The summed E-state index contributed by atoms with van der Waals surface area (Å²) in [6, 6.07) is 5.41. The number of ether oxygens (including phenoxy) is 2. The lowest BCUT2D eigenvalue weighted by Gasteiger charge is -2.42. The molecule has 1 saturated heterocycles. The Labute approximate surface area is 141 Å². The van der Waals surface area contributed by atoms with Gasteiger partial charge in [0.1, 0.15) is 5.69 Å². The van der Waals surface area contributed by atoms with Crippen molar-refractivity contribution in [2.45, 2.75) is 25.6 Å². The molecule has 1 fully saturated rings. The number of pyridine rings is 1. The molecule has 7 nitrogen and oxygen atoms in total. The Bertz CT molecular complexity index is 700. The van der Waals surface area contributed by atoms with E-state index in [1.165, 1.54) is 0 Å². The average molecular weight is 330 g/mol. The summed E-state index contributed by atoms with van der Waals surface area (Å²) in [6.07, 6.45) is 5.01. The maximum atomic E-state index is 12.9. The first-order chi connectivity index (χ1) is 11.5. The second-order valence-corrected chi connectivity index (χ2v) is 6.49. The highest BCUT2D eigenvalue weighted by Crippen LogP contribution is 2.22. The third kappa shape index (κ3) is 3.63. The minimum absolute atomic E-state index is 0.110. The van der Waals surface area contributed by atoms with Crippen molar-refractivity contribution in [1.29, 1.82) is 0 Å². The molecule has 0 radical (unpaired) electrons. The van der Waals surface area contributed by atoms with Crippen molar-refractivity contribution in [1.82, 2.24) is 19.7 Å². The third-order valence-electron chi connectivity index (χ3n) is 3.85. The maximum absolute atomic E-state index is 12.9. The lowest BCUT2D eigenvalue weighted by Crippen LogP contribution is -2.55. The first kappa shape index (κ1) is 16.6. The fraction of sp³-hybridized carbons (Fsp3) is 0.471. The number of nitrogens with zero attached hydrogens (tertiary/aromatic N) is 4. The average Bonchev–Trinajstić information content (AvgIpc) is 3.07. The third-order valence-corrected chi connectivity index (χ3v) is 3.85. The van der Waals surface area contributed by atoms with E-state index in [0.29, 0.717) is 25.4 Å². The zero-order chi connectivity index (χ0) is 17.2.